The lowest BCUT2D eigenvalue weighted by Crippen LogP contribution is -2.16. The lowest BCUT2D eigenvalue weighted by Gasteiger charge is -2.13. The van der Waals surface area contributed by atoms with E-state index in [-0.39, 0.29) is 10.1 Å². The first kappa shape index (κ1) is 17.7. The monoisotopic (exact) mass is 436 g/mol. The summed E-state index contributed by atoms with van der Waals surface area (Å²) in [5.74, 6) is -0.338. The van der Waals surface area contributed by atoms with Crippen LogP contribution in [0.15, 0.2) is 74.7 Å². The van der Waals surface area contributed by atoms with Gasteiger partial charge in [-0.25, -0.2) is 8.42 Å². The smallest absolute Gasteiger partial charge is 0.271 e. The molecule has 5 nitrogen and oxygen atoms in total. The van der Waals surface area contributed by atoms with Crippen LogP contribution in [0.5, 0.6) is 0 Å². The highest BCUT2D eigenvalue weighted by atomic mass is 79.9. The molecule has 128 valence electrons. The highest BCUT2D eigenvalue weighted by molar-refractivity contribution is 9.10. The highest BCUT2D eigenvalue weighted by Gasteiger charge is 2.18. The molecule has 3 rings (SSSR count). The van der Waals surface area contributed by atoms with Crippen LogP contribution in [-0.4, -0.2) is 14.3 Å². The minimum Gasteiger partial charge on any atom is -0.320 e. The molecule has 0 radical (unpaired) electrons. The maximum Gasteiger partial charge on any atom is 0.271 e. The Kier molecular flexibility index (Phi) is 5.22. The molecule has 25 heavy (non-hydrogen) atoms. The number of anilines is 2. The van der Waals surface area contributed by atoms with Gasteiger partial charge < -0.3 is 5.32 Å². The number of nitrogens with one attached hydrogen (secondary N) is 2. The molecule has 0 unspecified atom stereocenters. The van der Waals surface area contributed by atoms with Crippen molar-refractivity contribution in [3.05, 3.63) is 76.1 Å². The summed E-state index contributed by atoms with van der Waals surface area (Å²) in [6.07, 6.45) is 0. The molecule has 1 heterocycles. The molecular weight excluding hydrogens is 424 g/mol. The lowest BCUT2D eigenvalue weighted by atomic mass is 10.2. The van der Waals surface area contributed by atoms with Gasteiger partial charge in [-0.15, -0.1) is 11.3 Å². The summed E-state index contributed by atoms with van der Waals surface area (Å²) in [7, 11) is -3.69. The Hall–Kier alpha value is -2.16. The molecule has 0 saturated heterocycles. The molecule has 2 N–H and O–H groups in total. The van der Waals surface area contributed by atoms with Crippen molar-refractivity contribution in [3.8, 4) is 0 Å². The average molecular weight is 437 g/mol. The van der Waals surface area contributed by atoms with Crippen molar-refractivity contribution in [1.82, 2.24) is 0 Å². The number of amides is 1. The zero-order valence-electron chi connectivity index (χ0n) is 12.8. The first-order valence-corrected chi connectivity index (χ1v) is 10.3. The number of sulfonamides is 1. The van der Waals surface area contributed by atoms with Crippen LogP contribution in [-0.2, 0) is 10.0 Å². The second kappa shape index (κ2) is 7.38. The van der Waals surface area contributed by atoms with Crippen LogP contribution in [0.3, 0.4) is 0 Å². The number of benzene rings is 2. The van der Waals surface area contributed by atoms with Crippen molar-refractivity contribution >= 4 is 54.6 Å². The Balaban J connectivity index is 1.87. The largest absolute Gasteiger partial charge is 0.320 e. The van der Waals surface area contributed by atoms with Crippen molar-refractivity contribution in [1.29, 1.82) is 0 Å². The number of halogens is 1. The number of thiophene rings is 1. The quantitative estimate of drug-likeness (QED) is 0.615. The van der Waals surface area contributed by atoms with Gasteiger partial charge in [0.05, 0.1) is 16.9 Å². The van der Waals surface area contributed by atoms with Gasteiger partial charge in [-0.3, -0.25) is 9.52 Å². The van der Waals surface area contributed by atoms with Crippen LogP contribution in [0.4, 0.5) is 11.4 Å². The highest BCUT2D eigenvalue weighted by Crippen LogP contribution is 2.27. The molecule has 0 aliphatic rings. The SMILES string of the molecule is O=C(Nc1ccccc1NS(=O)(=O)c1cccs1)c1ccccc1Br. The summed E-state index contributed by atoms with van der Waals surface area (Å²) < 4.78 is 28.2. The Morgan fingerprint density at radius 3 is 2.28 bits per heavy atom. The van der Waals surface area contributed by atoms with Crippen LogP contribution >= 0.6 is 27.3 Å². The van der Waals surface area contributed by atoms with Crippen LogP contribution in [0.2, 0.25) is 0 Å². The predicted octanol–water partition coefficient (Wildman–Crippen LogP) is 4.56. The van der Waals surface area contributed by atoms with E-state index in [9.17, 15) is 13.2 Å². The third kappa shape index (κ3) is 4.09. The predicted molar refractivity (Wildman–Crippen MR) is 104 cm³/mol. The van der Waals surface area contributed by atoms with Gasteiger partial charge in [-0.1, -0.05) is 30.3 Å². The van der Waals surface area contributed by atoms with E-state index in [1.54, 1.807) is 53.9 Å². The van der Waals surface area contributed by atoms with Gasteiger partial charge in [0.15, 0.2) is 0 Å². The average Bonchev–Trinajstić information content (AvgIpc) is 3.12. The topological polar surface area (TPSA) is 75.3 Å². The molecular formula is C17H13BrN2O3S2. The second-order valence-electron chi connectivity index (χ2n) is 5.02. The fourth-order valence-electron chi connectivity index (χ4n) is 2.13. The Morgan fingerprint density at radius 1 is 0.920 bits per heavy atom. The van der Waals surface area contributed by atoms with Crippen molar-refractivity contribution in [2.45, 2.75) is 4.21 Å². The van der Waals surface area contributed by atoms with Crippen molar-refractivity contribution in [2.75, 3.05) is 10.0 Å². The van der Waals surface area contributed by atoms with Crippen LogP contribution in [0, 0.1) is 0 Å². The minimum atomic E-state index is -3.69. The van der Waals surface area contributed by atoms with E-state index < -0.39 is 10.0 Å². The standard InChI is InChI=1S/C17H13BrN2O3S2/c18-13-7-2-1-6-12(13)17(21)19-14-8-3-4-9-15(14)20-25(22,23)16-10-5-11-24-16/h1-11,20H,(H,19,21). The van der Waals surface area contributed by atoms with Crippen molar-refractivity contribution in [3.63, 3.8) is 0 Å². The summed E-state index contributed by atoms with van der Waals surface area (Å²) in [5, 5.41) is 4.43. The van der Waals surface area contributed by atoms with Gasteiger partial charge in [0.2, 0.25) is 0 Å². The van der Waals surface area contributed by atoms with Crippen LogP contribution < -0.4 is 10.0 Å². The molecule has 0 aliphatic heterocycles. The Bertz CT molecular complexity index is 1000. The molecule has 0 spiro atoms. The Morgan fingerprint density at radius 2 is 1.60 bits per heavy atom. The summed E-state index contributed by atoms with van der Waals surface area (Å²) >= 11 is 4.46. The summed E-state index contributed by atoms with van der Waals surface area (Å²) in [5.41, 5.74) is 1.14. The van der Waals surface area contributed by atoms with E-state index in [0.29, 0.717) is 21.4 Å². The molecule has 1 aromatic heterocycles. The maximum absolute atomic E-state index is 12.5. The molecule has 0 aliphatic carbocycles. The molecule has 0 atom stereocenters. The number of rotatable bonds is 5. The van der Waals surface area contributed by atoms with Gasteiger partial charge in [-0.2, -0.15) is 0 Å². The van der Waals surface area contributed by atoms with Crippen LogP contribution in [0.25, 0.3) is 0 Å². The Labute approximate surface area is 157 Å². The zero-order valence-corrected chi connectivity index (χ0v) is 16.0. The molecule has 0 fully saturated rings. The summed E-state index contributed by atoms with van der Waals surface area (Å²) in [6, 6.07) is 16.9. The molecule has 0 saturated carbocycles. The van der Waals surface area contributed by atoms with Crippen molar-refractivity contribution in [2.24, 2.45) is 0 Å². The molecule has 8 heteroatoms. The first-order valence-electron chi connectivity index (χ1n) is 7.18. The van der Waals surface area contributed by atoms with E-state index in [1.165, 1.54) is 6.07 Å². The summed E-state index contributed by atoms with van der Waals surface area (Å²) in [4.78, 5) is 12.5. The number of hydrogen-bond donors (Lipinski definition) is 2. The number of carbonyl (C=O) groups is 1. The van der Waals surface area contributed by atoms with E-state index in [0.717, 1.165) is 11.3 Å². The van der Waals surface area contributed by atoms with Gasteiger partial charge in [-0.05, 0) is 51.6 Å². The van der Waals surface area contributed by atoms with E-state index in [4.69, 9.17) is 0 Å². The van der Waals surface area contributed by atoms with E-state index in [2.05, 4.69) is 26.0 Å². The maximum atomic E-state index is 12.5. The van der Waals surface area contributed by atoms with Gasteiger partial charge in [0.1, 0.15) is 4.21 Å². The minimum absolute atomic E-state index is 0.208. The zero-order chi connectivity index (χ0) is 17.9. The molecule has 2 aromatic carbocycles. The fourth-order valence-corrected chi connectivity index (χ4v) is 4.67. The van der Waals surface area contributed by atoms with E-state index >= 15 is 0 Å². The second-order valence-corrected chi connectivity index (χ2v) is 8.73. The normalized spacial score (nSPS) is 11.1. The first-order chi connectivity index (χ1) is 12.0. The molecule has 0 bridgehead atoms. The number of hydrogen-bond acceptors (Lipinski definition) is 4. The molecule has 1 amide bonds. The van der Waals surface area contributed by atoms with Crippen LogP contribution in [0.1, 0.15) is 10.4 Å². The number of para-hydroxylation sites is 2. The fraction of sp³-hybridized carbons (Fsp3) is 0. The van der Waals surface area contributed by atoms with Gasteiger partial charge >= 0.3 is 0 Å². The lowest BCUT2D eigenvalue weighted by molar-refractivity contribution is 0.102. The van der Waals surface area contributed by atoms with Gasteiger partial charge in [0.25, 0.3) is 15.9 Å². The van der Waals surface area contributed by atoms with Gasteiger partial charge in [0, 0.05) is 4.47 Å². The van der Waals surface area contributed by atoms with Crippen molar-refractivity contribution < 1.29 is 13.2 Å². The third-order valence-corrected chi connectivity index (χ3v) is 6.75. The molecule has 3 aromatic rings. The number of carbonyl (C=O) groups excluding carboxylic acids is 1. The summed E-state index contributed by atoms with van der Waals surface area (Å²) in [6.45, 7) is 0. The third-order valence-electron chi connectivity index (χ3n) is 3.30. The van der Waals surface area contributed by atoms with E-state index in [1.807, 2.05) is 6.07 Å².